The Morgan fingerprint density at radius 1 is 1.07 bits per heavy atom. The van der Waals surface area contributed by atoms with Gasteiger partial charge in [-0.05, 0) is 67.1 Å². The first-order valence-electron chi connectivity index (χ1n) is 13.9. The number of amides is 2. The molecule has 2 aromatic carbocycles. The second-order valence-corrected chi connectivity index (χ2v) is 10.6. The zero-order valence-electron chi connectivity index (χ0n) is 22.6. The number of oxazole rings is 1. The van der Waals surface area contributed by atoms with Gasteiger partial charge in [0.05, 0.1) is 18.8 Å². The van der Waals surface area contributed by atoms with Crippen molar-refractivity contribution in [2.24, 2.45) is 5.92 Å². The topological polar surface area (TPSA) is 97.8 Å². The van der Waals surface area contributed by atoms with Crippen LogP contribution in [0.2, 0.25) is 0 Å². The molecule has 0 bridgehead atoms. The molecule has 6 rings (SSSR count). The lowest BCUT2D eigenvalue weighted by Crippen LogP contribution is -2.43. The predicted octanol–water partition coefficient (Wildman–Crippen LogP) is 5.75. The number of nitrogens with zero attached hydrogens (tertiary/aromatic N) is 2. The van der Waals surface area contributed by atoms with Gasteiger partial charge in [-0.15, -0.1) is 0 Å². The van der Waals surface area contributed by atoms with Crippen molar-refractivity contribution < 1.29 is 23.2 Å². The quantitative estimate of drug-likeness (QED) is 0.306. The minimum absolute atomic E-state index is 0.0736. The van der Waals surface area contributed by atoms with Gasteiger partial charge in [-0.25, -0.2) is 4.98 Å². The summed E-state index contributed by atoms with van der Waals surface area (Å²) in [5, 5.41) is 2.75. The van der Waals surface area contributed by atoms with Crippen LogP contribution in [0.15, 0.2) is 76.0 Å². The fourth-order valence-electron chi connectivity index (χ4n) is 5.73. The maximum absolute atomic E-state index is 13.7. The number of furan rings is 1. The third-order valence-corrected chi connectivity index (χ3v) is 7.88. The van der Waals surface area contributed by atoms with Crippen molar-refractivity contribution >= 4 is 11.8 Å². The zero-order chi connectivity index (χ0) is 27.5. The van der Waals surface area contributed by atoms with Crippen LogP contribution in [0.3, 0.4) is 0 Å². The Morgan fingerprint density at radius 2 is 1.90 bits per heavy atom. The summed E-state index contributed by atoms with van der Waals surface area (Å²) in [5.74, 6) is 1.64. The number of fused-ring (bicyclic) bond motifs is 1. The zero-order valence-corrected chi connectivity index (χ0v) is 22.6. The Balaban J connectivity index is 1.19. The molecule has 2 aromatic heterocycles. The minimum atomic E-state index is -0.354. The number of hydrogen-bond acceptors (Lipinski definition) is 6. The summed E-state index contributed by atoms with van der Waals surface area (Å²) in [6.45, 7) is 3.12. The Morgan fingerprint density at radius 3 is 2.67 bits per heavy atom. The van der Waals surface area contributed by atoms with E-state index < -0.39 is 0 Å². The summed E-state index contributed by atoms with van der Waals surface area (Å²) in [5.41, 5.74) is 4.78. The van der Waals surface area contributed by atoms with Gasteiger partial charge in [-0.2, -0.15) is 0 Å². The number of aromatic nitrogens is 1. The standard InChI is InChI=1S/C32H33N3O5/c1-21-8-10-23(11-9-21)30-27-17-25(13-12-22(27)14-15-35(30)32(37)24-5-2-3-6-24)39-20-29-34-28(19-40-29)31(36)33-18-26-7-4-16-38-26/h4,7-13,16-17,19,24,30H,2-3,5-6,14-15,18,20H2,1H3,(H,33,36). The second-order valence-electron chi connectivity index (χ2n) is 10.6. The predicted molar refractivity (Wildman–Crippen MR) is 148 cm³/mol. The molecule has 40 heavy (non-hydrogen) atoms. The van der Waals surface area contributed by atoms with Crippen LogP contribution in [0, 0.1) is 12.8 Å². The number of ether oxygens (including phenoxy) is 1. The molecule has 8 heteroatoms. The summed E-state index contributed by atoms with van der Waals surface area (Å²) >= 11 is 0. The molecule has 1 aliphatic carbocycles. The average Bonchev–Trinajstić information content (AvgIpc) is 3.78. The summed E-state index contributed by atoms with van der Waals surface area (Å²) in [4.78, 5) is 32.4. The Kier molecular flexibility index (Phi) is 7.40. The number of rotatable bonds is 8. The van der Waals surface area contributed by atoms with Crippen LogP contribution in [0.25, 0.3) is 0 Å². The van der Waals surface area contributed by atoms with E-state index in [1.807, 2.05) is 12.1 Å². The van der Waals surface area contributed by atoms with E-state index in [4.69, 9.17) is 13.6 Å². The molecule has 0 radical (unpaired) electrons. The number of hydrogen-bond donors (Lipinski definition) is 1. The molecule has 3 heterocycles. The van der Waals surface area contributed by atoms with Crippen molar-refractivity contribution in [1.82, 2.24) is 15.2 Å². The minimum Gasteiger partial charge on any atom is -0.484 e. The normalized spacial score (nSPS) is 17.0. The Labute approximate surface area is 233 Å². The molecule has 1 unspecified atom stereocenters. The van der Waals surface area contributed by atoms with Gasteiger partial charge < -0.3 is 23.8 Å². The molecule has 1 atom stereocenters. The molecular weight excluding hydrogens is 506 g/mol. The third kappa shape index (κ3) is 5.52. The number of aryl methyl sites for hydroxylation is 1. The van der Waals surface area contributed by atoms with Crippen LogP contribution in [-0.2, 0) is 24.4 Å². The van der Waals surface area contributed by atoms with Crippen LogP contribution in [0.4, 0.5) is 0 Å². The van der Waals surface area contributed by atoms with Crippen molar-refractivity contribution in [1.29, 1.82) is 0 Å². The summed E-state index contributed by atoms with van der Waals surface area (Å²) in [6.07, 6.45) is 7.90. The van der Waals surface area contributed by atoms with Crippen molar-refractivity contribution in [2.75, 3.05) is 6.54 Å². The lowest BCUT2D eigenvalue weighted by Gasteiger charge is -2.39. The summed E-state index contributed by atoms with van der Waals surface area (Å²) in [6, 6.07) is 17.9. The molecule has 0 saturated heterocycles. The van der Waals surface area contributed by atoms with E-state index in [1.54, 1.807) is 18.4 Å². The van der Waals surface area contributed by atoms with Crippen LogP contribution in [0.5, 0.6) is 5.75 Å². The van der Waals surface area contributed by atoms with E-state index in [2.05, 4.69) is 52.5 Å². The first-order chi connectivity index (χ1) is 19.5. The van der Waals surface area contributed by atoms with E-state index in [0.29, 0.717) is 23.9 Å². The molecule has 1 saturated carbocycles. The lowest BCUT2D eigenvalue weighted by molar-refractivity contribution is -0.137. The first kappa shape index (κ1) is 25.9. The molecule has 8 nitrogen and oxygen atoms in total. The van der Waals surface area contributed by atoms with Crippen LogP contribution in [0.1, 0.15) is 76.1 Å². The van der Waals surface area contributed by atoms with Crippen LogP contribution >= 0.6 is 0 Å². The maximum atomic E-state index is 13.7. The fraction of sp³-hybridized carbons (Fsp3) is 0.344. The van der Waals surface area contributed by atoms with Gasteiger partial charge >= 0.3 is 0 Å². The van der Waals surface area contributed by atoms with Crippen molar-refractivity contribution in [3.63, 3.8) is 0 Å². The van der Waals surface area contributed by atoms with Gasteiger partial charge in [0.25, 0.3) is 5.91 Å². The Bertz CT molecular complexity index is 1470. The van der Waals surface area contributed by atoms with E-state index in [-0.39, 0.29) is 42.6 Å². The monoisotopic (exact) mass is 539 g/mol. The van der Waals surface area contributed by atoms with Crippen molar-refractivity contribution in [3.8, 4) is 5.75 Å². The first-order valence-corrected chi connectivity index (χ1v) is 13.9. The summed E-state index contributed by atoms with van der Waals surface area (Å²) in [7, 11) is 0. The van der Waals surface area contributed by atoms with Gasteiger partial charge in [0.1, 0.15) is 17.8 Å². The number of carbonyl (C=O) groups is 2. The van der Waals surface area contributed by atoms with Gasteiger partial charge in [-0.1, -0.05) is 48.7 Å². The molecule has 1 fully saturated rings. The smallest absolute Gasteiger partial charge is 0.273 e. The van der Waals surface area contributed by atoms with E-state index in [9.17, 15) is 9.59 Å². The van der Waals surface area contributed by atoms with Gasteiger partial charge in [0, 0.05) is 12.5 Å². The maximum Gasteiger partial charge on any atom is 0.273 e. The molecule has 2 amide bonds. The SMILES string of the molecule is Cc1ccc(C2c3cc(OCc4nc(C(=O)NCc5ccco5)co4)ccc3CCN2C(=O)C2CCCC2)cc1. The highest BCUT2D eigenvalue weighted by Crippen LogP contribution is 2.39. The molecule has 1 N–H and O–H groups in total. The highest BCUT2D eigenvalue weighted by molar-refractivity contribution is 5.91. The molecule has 4 aromatic rings. The van der Waals surface area contributed by atoms with Gasteiger partial charge in [-0.3, -0.25) is 9.59 Å². The largest absolute Gasteiger partial charge is 0.484 e. The average molecular weight is 540 g/mol. The fourth-order valence-corrected chi connectivity index (χ4v) is 5.73. The number of benzene rings is 2. The van der Waals surface area contributed by atoms with Gasteiger partial charge in [0.15, 0.2) is 12.3 Å². The van der Waals surface area contributed by atoms with Crippen molar-refractivity contribution in [3.05, 3.63) is 107 Å². The van der Waals surface area contributed by atoms with E-state index in [1.165, 1.54) is 17.4 Å². The van der Waals surface area contributed by atoms with Crippen LogP contribution < -0.4 is 10.1 Å². The summed E-state index contributed by atoms with van der Waals surface area (Å²) < 4.78 is 16.8. The second kappa shape index (κ2) is 11.4. The lowest BCUT2D eigenvalue weighted by atomic mass is 9.86. The molecule has 1 aliphatic heterocycles. The highest BCUT2D eigenvalue weighted by atomic mass is 16.5. The Hall–Kier alpha value is -4.33. The van der Waals surface area contributed by atoms with Crippen LogP contribution in [-0.4, -0.2) is 28.2 Å². The number of carbonyl (C=O) groups excluding carboxylic acids is 2. The molecule has 0 spiro atoms. The highest BCUT2D eigenvalue weighted by Gasteiger charge is 2.36. The molecular formula is C32H33N3O5. The van der Waals surface area contributed by atoms with E-state index in [0.717, 1.165) is 43.2 Å². The molecule has 206 valence electrons. The van der Waals surface area contributed by atoms with Crippen molar-refractivity contribution in [2.45, 2.75) is 58.2 Å². The third-order valence-electron chi connectivity index (χ3n) is 7.88. The van der Waals surface area contributed by atoms with E-state index >= 15 is 0 Å². The number of nitrogens with one attached hydrogen (secondary N) is 1. The molecule has 2 aliphatic rings. The van der Waals surface area contributed by atoms with Gasteiger partial charge in [0.2, 0.25) is 11.8 Å².